The number of hydrogen-bond donors (Lipinski definition) is 2. The van der Waals surface area contributed by atoms with E-state index in [2.05, 4.69) is 18.7 Å². The first-order valence-electron chi connectivity index (χ1n) is 6.99. The number of piperidine rings is 1. The molecule has 102 valence electrons. The quantitative estimate of drug-likeness (QED) is 0.700. The average molecular weight is 242 g/mol. The standard InChI is InChI=1S/C14H30N2O/c1-13(2)7-6-10-16(12-13)9-5-4-8-14(3,17)11-15/h17H,4-12,15H2,1-3H3. The third-order valence-corrected chi connectivity index (χ3v) is 3.86. The zero-order chi connectivity index (χ0) is 12.9. The number of nitrogens with zero attached hydrogens (tertiary/aromatic N) is 1. The van der Waals surface area contributed by atoms with Crippen molar-refractivity contribution in [3.05, 3.63) is 0 Å². The van der Waals surface area contributed by atoms with E-state index < -0.39 is 5.60 Å². The maximum absolute atomic E-state index is 9.80. The van der Waals surface area contributed by atoms with Gasteiger partial charge in [-0.05, 0) is 57.5 Å². The summed E-state index contributed by atoms with van der Waals surface area (Å²) in [7, 11) is 0. The Morgan fingerprint density at radius 1 is 1.35 bits per heavy atom. The summed E-state index contributed by atoms with van der Waals surface area (Å²) in [5.41, 5.74) is 5.33. The van der Waals surface area contributed by atoms with Gasteiger partial charge in [-0.1, -0.05) is 13.8 Å². The van der Waals surface area contributed by atoms with Gasteiger partial charge >= 0.3 is 0 Å². The van der Waals surface area contributed by atoms with E-state index in [-0.39, 0.29) is 0 Å². The van der Waals surface area contributed by atoms with Gasteiger partial charge in [-0.2, -0.15) is 0 Å². The minimum absolute atomic E-state index is 0.365. The van der Waals surface area contributed by atoms with Crippen LogP contribution < -0.4 is 5.73 Å². The third kappa shape index (κ3) is 5.84. The van der Waals surface area contributed by atoms with Gasteiger partial charge in [0.2, 0.25) is 0 Å². The van der Waals surface area contributed by atoms with E-state index >= 15 is 0 Å². The molecule has 0 aromatic heterocycles. The average Bonchev–Trinajstić information content (AvgIpc) is 2.23. The monoisotopic (exact) mass is 242 g/mol. The zero-order valence-electron chi connectivity index (χ0n) is 11.8. The SMILES string of the molecule is CC1(C)CCCN(CCCCC(C)(O)CN)C1. The van der Waals surface area contributed by atoms with E-state index in [9.17, 15) is 5.11 Å². The number of hydrogen-bond acceptors (Lipinski definition) is 3. The first kappa shape index (κ1) is 14.9. The summed E-state index contributed by atoms with van der Waals surface area (Å²) >= 11 is 0. The van der Waals surface area contributed by atoms with Crippen LogP contribution in [0.5, 0.6) is 0 Å². The molecule has 1 heterocycles. The van der Waals surface area contributed by atoms with Crippen molar-refractivity contribution >= 4 is 0 Å². The van der Waals surface area contributed by atoms with Crippen molar-refractivity contribution < 1.29 is 5.11 Å². The molecule has 0 aliphatic carbocycles. The Morgan fingerprint density at radius 3 is 2.65 bits per heavy atom. The Bertz CT molecular complexity index is 226. The lowest BCUT2D eigenvalue weighted by Crippen LogP contribution is -2.40. The second kappa shape index (κ2) is 6.17. The van der Waals surface area contributed by atoms with Crippen LogP contribution in [0.15, 0.2) is 0 Å². The van der Waals surface area contributed by atoms with E-state index in [1.54, 1.807) is 0 Å². The highest BCUT2D eigenvalue weighted by Gasteiger charge is 2.25. The number of aliphatic hydroxyl groups is 1. The lowest BCUT2D eigenvalue weighted by atomic mass is 9.84. The molecule has 1 unspecified atom stereocenters. The highest BCUT2D eigenvalue weighted by Crippen LogP contribution is 2.28. The van der Waals surface area contributed by atoms with Crippen LogP contribution >= 0.6 is 0 Å². The highest BCUT2D eigenvalue weighted by atomic mass is 16.3. The first-order valence-corrected chi connectivity index (χ1v) is 6.99. The number of likely N-dealkylation sites (tertiary alicyclic amines) is 1. The molecule has 1 rings (SSSR count). The molecule has 3 nitrogen and oxygen atoms in total. The van der Waals surface area contributed by atoms with Crippen molar-refractivity contribution in [3.8, 4) is 0 Å². The maximum Gasteiger partial charge on any atom is 0.0741 e. The van der Waals surface area contributed by atoms with E-state index in [1.807, 2.05) is 6.92 Å². The Hall–Kier alpha value is -0.120. The normalized spacial score (nSPS) is 24.5. The van der Waals surface area contributed by atoms with E-state index in [4.69, 9.17) is 5.73 Å². The van der Waals surface area contributed by atoms with E-state index in [1.165, 1.54) is 38.9 Å². The predicted octanol–water partition coefficient (Wildman–Crippen LogP) is 1.99. The van der Waals surface area contributed by atoms with Crippen LogP contribution in [0.2, 0.25) is 0 Å². The molecule has 0 bridgehead atoms. The van der Waals surface area contributed by atoms with Crippen LogP contribution in [-0.4, -0.2) is 41.8 Å². The molecule has 3 heteroatoms. The summed E-state index contributed by atoms with van der Waals surface area (Å²) < 4.78 is 0. The second-order valence-corrected chi connectivity index (χ2v) is 6.70. The van der Waals surface area contributed by atoms with Gasteiger partial charge in [0.15, 0.2) is 0 Å². The summed E-state index contributed by atoms with van der Waals surface area (Å²) in [6.45, 7) is 10.6. The number of rotatable bonds is 6. The van der Waals surface area contributed by atoms with Gasteiger partial charge in [-0.15, -0.1) is 0 Å². The second-order valence-electron chi connectivity index (χ2n) is 6.70. The Morgan fingerprint density at radius 2 is 2.06 bits per heavy atom. The van der Waals surface area contributed by atoms with Gasteiger partial charge in [-0.3, -0.25) is 0 Å². The maximum atomic E-state index is 9.80. The molecule has 1 saturated heterocycles. The molecule has 0 spiro atoms. The van der Waals surface area contributed by atoms with Gasteiger partial charge in [0, 0.05) is 13.1 Å². The molecule has 1 aliphatic heterocycles. The topological polar surface area (TPSA) is 49.5 Å². The summed E-state index contributed by atoms with van der Waals surface area (Å²) in [6.07, 6.45) is 5.74. The van der Waals surface area contributed by atoms with Crippen molar-refractivity contribution in [2.24, 2.45) is 11.1 Å². The van der Waals surface area contributed by atoms with Gasteiger partial charge in [0.05, 0.1) is 5.60 Å². The molecule has 17 heavy (non-hydrogen) atoms. The summed E-state index contributed by atoms with van der Waals surface area (Å²) in [4.78, 5) is 2.57. The fourth-order valence-electron chi connectivity index (χ4n) is 2.68. The Labute approximate surface area is 106 Å². The van der Waals surface area contributed by atoms with Gasteiger partial charge in [0.25, 0.3) is 0 Å². The largest absolute Gasteiger partial charge is 0.389 e. The zero-order valence-corrected chi connectivity index (χ0v) is 11.8. The first-order chi connectivity index (χ1) is 7.85. The van der Waals surface area contributed by atoms with Gasteiger partial charge < -0.3 is 15.7 Å². The number of nitrogens with two attached hydrogens (primary N) is 1. The highest BCUT2D eigenvalue weighted by molar-refractivity contribution is 4.80. The minimum Gasteiger partial charge on any atom is -0.389 e. The van der Waals surface area contributed by atoms with Crippen molar-refractivity contribution in [1.82, 2.24) is 4.90 Å². The lowest BCUT2D eigenvalue weighted by Gasteiger charge is -2.38. The Kier molecular flexibility index (Phi) is 5.42. The molecule has 0 aromatic rings. The van der Waals surface area contributed by atoms with Crippen LogP contribution in [0.4, 0.5) is 0 Å². The van der Waals surface area contributed by atoms with Crippen molar-refractivity contribution in [2.45, 2.75) is 58.5 Å². The molecule has 1 aliphatic rings. The van der Waals surface area contributed by atoms with Crippen LogP contribution in [0, 0.1) is 5.41 Å². The third-order valence-electron chi connectivity index (χ3n) is 3.86. The predicted molar refractivity (Wildman–Crippen MR) is 73.0 cm³/mol. The lowest BCUT2D eigenvalue weighted by molar-refractivity contribution is 0.0546. The van der Waals surface area contributed by atoms with Crippen molar-refractivity contribution in [2.75, 3.05) is 26.2 Å². The number of unbranched alkanes of at least 4 members (excludes halogenated alkanes) is 1. The molecule has 1 atom stereocenters. The van der Waals surface area contributed by atoms with Crippen LogP contribution in [0.3, 0.4) is 0 Å². The summed E-state index contributed by atoms with van der Waals surface area (Å²) in [5, 5.41) is 9.80. The van der Waals surface area contributed by atoms with Gasteiger partial charge in [0.1, 0.15) is 0 Å². The molecule has 0 radical (unpaired) electrons. The molecule has 3 N–H and O–H groups in total. The summed E-state index contributed by atoms with van der Waals surface area (Å²) in [5.74, 6) is 0. The minimum atomic E-state index is -0.666. The fraction of sp³-hybridized carbons (Fsp3) is 1.00. The van der Waals surface area contributed by atoms with Crippen LogP contribution in [0.25, 0.3) is 0 Å². The smallest absolute Gasteiger partial charge is 0.0741 e. The van der Waals surface area contributed by atoms with Crippen LogP contribution in [0.1, 0.15) is 52.9 Å². The van der Waals surface area contributed by atoms with Gasteiger partial charge in [-0.25, -0.2) is 0 Å². The van der Waals surface area contributed by atoms with E-state index in [0.29, 0.717) is 12.0 Å². The van der Waals surface area contributed by atoms with Crippen LogP contribution in [-0.2, 0) is 0 Å². The fourth-order valence-corrected chi connectivity index (χ4v) is 2.68. The van der Waals surface area contributed by atoms with E-state index in [0.717, 1.165) is 12.8 Å². The Balaban J connectivity index is 2.15. The van der Waals surface area contributed by atoms with Crippen molar-refractivity contribution in [3.63, 3.8) is 0 Å². The van der Waals surface area contributed by atoms with Crippen molar-refractivity contribution in [1.29, 1.82) is 0 Å². The molecule has 0 saturated carbocycles. The molecule has 0 amide bonds. The summed E-state index contributed by atoms with van der Waals surface area (Å²) in [6, 6.07) is 0. The molecular weight excluding hydrogens is 212 g/mol. The molecule has 1 fully saturated rings. The molecular formula is C14H30N2O. The molecule has 0 aromatic carbocycles.